The molecule has 2 N–H and O–H groups in total. The molecule has 2 heteroatoms. The lowest BCUT2D eigenvalue weighted by molar-refractivity contribution is 0.387. The van der Waals surface area contributed by atoms with Crippen LogP contribution >= 0.6 is 11.3 Å². The molecule has 0 aliphatic heterocycles. The lowest BCUT2D eigenvalue weighted by Gasteiger charge is -2.29. The second kappa shape index (κ2) is 6.36. The molecule has 1 heterocycles. The SMILES string of the molecule is CCC(C)C(c1ccccc1)C(N)c1ccsc1C. The van der Waals surface area contributed by atoms with Gasteiger partial charge >= 0.3 is 0 Å². The highest BCUT2D eigenvalue weighted by atomic mass is 32.1. The molecule has 0 spiro atoms. The van der Waals surface area contributed by atoms with Gasteiger partial charge in [-0.3, -0.25) is 0 Å². The van der Waals surface area contributed by atoms with Crippen molar-refractivity contribution >= 4 is 11.3 Å². The molecule has 0 aliphatic carbocycles. The van der Waals surface area contributed by atoms with Gasteiger partial charge in [0.2, 0.25) is 0 Å². The van der Waals surface area contributed by atoms with Crippen molar-refractivity contribution in [2.24, 2.45) is 11.7 Å². The smallest absolute Gasteiger partial charge is 0.0378 e. The van der Waals surface area contributed by atoms with Crippen LogP contribution in [0.1, 0.15) is 48.2 Å². The monoisotopic (exact) mass is 273 g/mol. The summed E-state index contributed by atoms with van der Waals surface area (Å²) in [4.78, 5) is 1.34. The average Bonchev–Trinajstić information content (AvgIpc) is 2.86. The van der Waals surface area contributed by atoms with E-state index in [4.69, 9.17) is 5.73 Å². The number of thiophene rings is 1. The van der Waals surface area contributed by atoms with Crippen molar-refractivity contribution < 1.29 is 0 Å². The van der Waals surface area contributed by atoms with E-state index in [1.54, 1.807) is 11.3 Å². The van der Waals surface area contributed by atoms with Crippen LogP contribution in [-0.2, 0) is 0 Å². The van der Waals surface area contributed by atoms with Gasteiger partial charge in [-0.25, -0.2) is 0 Å². The van der Waals surface area contributed by atoms with Crippen molar-refractivity contribution in [3.8, 4) is 0 Å². The molecule has 1 aromatic carbocycles. The molecule has 1 aromatic heterocycles. The Hall–Kier alpha value is -1.12. The Labute approximate surface area is 120 Å². The van der Waals surface area contributed by atoms with Gasteiger partial charge in [0.25, 0.3) is 0 Å². The molecule has 0 aliphatic rings. The van der Waals surface area contributed by atoms with Gasteiger partial charge in [-0.05, 0) is 35.4 Å². The van der Waals surface area contributed by atoms with Crippen LogP contribution in [0.25, 0.3) is 0 Å². The fourth-order valence-electron chi connectivity index (χ4n) is 2.75. The summed E-state index contributed by atoms with van der Waals surface area (Å²) in [6.07, 6.45) is 1.15. The maximum atomic E-state index is 6.60. The van der Waals surface area contributed by atoms with Crippen molar-refractivity contribution in [1.29, 1.82) is 0 Å². The highest BCUT2D eigenvalue weighted by molar-refractivity contribution is 7.10. The Morgan fingerprint density at radius 1 is 1.16 bits per heavy atom. The molecule has 0 radical (unpaired) electrons. The molecule has 0 saturated heterocycles. The zero-order chi connectivity index (χ0) is 13.8. The third-order valence-corrected chi connectivity index (χ3v) is 4.95. The molecule has 19 heavy (non-hydrogen) atoms. The van der Waals surface area contributed by atoms with Crippen molar-refractivity contribution in [3.05, 3.63) is 57.8 Å². The van der Waals surface area contributed by atoms with Gasteiger partial charge < -0.3 is 5.73 Å². The summed E-state index contributed by atoms with van der Waals surface area (Å²) in [6, 6.07) is 13.0. The van der Waals surface area contributed by atoms with Crippen LogP contribution in [-0.4, -0.2) is 0 Å². The Balaban J connectivity index is 2.36. The van der Waals surface area contributed by atoms with Gasteiger partial charge in [-0.2, -0.15) is 0 Å². The molecular weight excluding hydrogens is 250 g/mol. The van der Waals surface area contributed by atoms with E-state index < -0.39 is 0 Å². The topological polar surface area (TPSA) is 26.0 Å². The standard InChI is InChI=1S/C17H23NS/c1-4-12(2)16(14-8-6-5-7-9-14)17(18)15-10-11-19-13(15)3/h5-12,16-17H,4,18H2,1-3H3. The van der Waals surface area contributed by atoms with Crippen LogP contribution in [0.5, 0.6) is 0 Å². The van der Waals surface area contributed by atoms with Crippen LogP contribution in [0.3, 0.4) is 0 Å². The first-order valence-corrected chi connectivity index (χ1v) is 7.87. The third kappa shape index (κ3) is 3.07. The van der Waals surface area contributed by atoms with E-state index in [9.17, 15) is 0 Å². The number of benzene rings is 1. The quantitative estimate of drug-likeness (QED) is 0.825. The van der Waals surface area contributed by atoms with Crippen molar-refractivity contribution in [1.82, 2.24) is 0 Å². The first-order chi connectivity index (χ1) is 9.15. The zero-order valence-electron chi connectivity index (χ0n) is 12.0. The average molecular weight is 273 g/mol. The van der Waals surface area contributed by atoms with E-state index in [0.717, 1.165) is 6.42 Å². The number of hydrogen-bond donors (Lipinski definition) is 1. The van der Waals surface area contributed by atoms with E-state index in [1.807, 2.05) is 0 Å². The van der Waals surface area contributed by atoms with Gasteiger partial charge in [-0.15, -0.1) is 11.3 Å². The molecule has 2 rings (SSSR count). The van der Waals surface area contributed by atoms with E-state index in [2.05, 4.69) is 62.5 Å². The predicted molar refractivity (Wildman–Crippen MR) is 84.6 cm³/mol. The van der Waals surface area contributed by atoms with Crippen molar-refractivity contribution in [2.45, 2.75) is 39.2 Å². The van der Waals surface area contributed by atoms with Crippen LogP contribution in [0, 0.1) is 12.8 Å². The molecule has 1 nitrogen and oxygen atoms in total. The predicted octanol–water partition coefficient (Wildman–Crippen LogP) is 4.89. The summed E-state index contributed by atoms with van der Waals surface area (Å²) in [5, 5.41) is 2.14. The summed E-state index contributed by atoms with van der Waals surface area (Å²) in [7, 11) is 0. The molecule has 0 fully saturated rings. The second-order valence-corrected chi connectivity index (χ2v) is 6.40. The highest BCUT2D eigenvalue weighted by Crippen LogP contribution is 2.38. The number of nitrogens with two attached hydrogens (primary N) is 1. The normalized spacial score (nSPS) is 16.0. The number of aryl methyl sites for hydroxylation is 1. The fourth-order valence-corrected chi connectivity index (χ4v) is 3.51. The van der Waals surface area contributed by atoms with Crippen LogP contribution < -0.4 is 5.73 Å². The summed E-state index contributed by atoms with van der Waals surface area (Å²) in [5.74, 6) is 0.969. The molecule has 0 bridgehead atoms. The molecule has 2 aromatic rings. The first kappa shape index (κ1) is 14.3. The minimum atomic E-state index is 0.0867. The minimum absolute atomic E-state index is 0.0867. The Morgan fingerprint density at radius 2 is 1.84 bits per heavy atom. The van der Waals surface area contributed by atoms with Crippen molar-refractivity contribution in [2.75, 3.05) is 0 Å². The molecule has 102 valence electrons. The summed E-state index contributed by atoms with van der Waals surface area (Å²) in [6.45, 7) is 6.71. The minimum Gasteiger partial charge on any atom is -0.323 e. The van der Waals surface area contributed by atoms with Crippen LogP contribution in [0.15, 0.2) is 41.8 Å². The maximum Gasteiger partial charge on any atom is 0.0378 e. The van der Waals surface area contributed by atoms with Gasteiger partial charge in [-0.1, -0.05) is 50.6 Å². The Bertz CT molecular complexity index is 503. The summed E-state index contributed by atoms with van der Waals surface area (Å²) >= 11 is 1.78. The molecule has 3 atom stereocenters. The molecule has 0 saturated carbocycles. The summed E-state index contributed by atoms with van der Waals surface area (Å²) < 4.78 is 0. The number of rotatable bonds is 5. The summed E-state index contributed by atoms with van der Waals surface area (Å²) in [5.41, 5.74) is 9.26. The molecular formula is C17H23NS. The van der Waals surface area contributed by atoms with Gasteiger partial charge in [0.05, 0.1) is 0 Å². The number of hydrogen-bond acceptors (Lipinski definition) is 2. The van der Waals surface area contributed by atoms with Crippen LogP contribution in [0.2, 0.25) is 0 Å². The Kier molecular flexibility index (Phi) is 4.78. The third-order valence-electron chi connectivity index (χ3n) is 4.09. The highest BCUT2D eigenvalue weighted by Gasteiger charge is 2.27. The van der Waals surface area contributed by atoms with Gasteiger partial charge in [0.15, 0.2) is 0 Å². The zero-order valence-corrected chi connectivity index (χ0v) is 12.8. The fraction of sp³-hybridized carbons (Fsp3) is 0.412. The van der Waals surface area contributed by atoms with E-state index in [-0.39, 0.29) is 6.04 Å². The lowest BCUT2D eigenvalue weighted by atomic mass is 9.78. The molecule has 0 amide bonds. The largest absolute Gasteiger partial charge is 0.323 e. The van der Waals surface area contributed by atoms with Crippen LogP contribution in [0.4, 0.5) is 0 Å². The lowest BCUT2D eigenvalue weighted by Crippen LogP contribution is -2.25. The van der Waals surface area contributed by atoms with E-state index in [0.29, 0.717) is 11.8 Å². The van der Waals surface area contributed by atoms with Crippen molar-refractivity contribution in [3.63, 3.8) is 0 Å². The van der Waals surface area contributed by atoms with Gasteiger partial charge in [0.1, 0.15) is 0 Å². The second-order valence-electron chi connectivity index (χ2n) is 5.28. The van der Waals surface area contributed by atoms with E-state index in [1.165, 1.54) is 16.0 Å². The maximum absolute atomic E-state index is 6.60. The molecule has 3 unspecified atom stereocenters. The van der Waals surface area contributed by atoms with Gasteiger partial charge in [0, 0.05) is 16.8 Å². The first-order valence-electron chi connectivity index (χ1n) is 6.99. The van der Waals surface area contributed by atoms with E-state index >= 15 is 0 Å². The Morgan fingerprint density at radius 3 is 2.37 bits per heavy atom.